The number of methoxy groups -OCH3 is 1. The summed E-state index contributed by atoms with van der Waals surface area (Å²) in [6.07, 6.45) is 8.39. The standard InChI is InChI=1S/C26H30O6/c1-8-14(3)25(27)31-13-19-21-16(5)12-30-24(21)23(29-7)18-10-11-20(17(6)22(18)19)32-26(28)15(4)9-2/h8-12,17,20H,13H2,1-7H3/t17-,20+/m0/s1. The lowest BCUT2D eigenvalue weighted by Crippen LogP contribution is -2.26. The topological polar surface area (TPSA) is 75.0 Å². The van der Waals surface area contributed by atoms with Gasteiger partial charge in [0, 0.05) is 33.6 Å². The molecule has 0 spiro atoms. The van der Waals surface area contributed by atoms with E-state index in [0.717, 1.165) is 27.6 Å². The van der Waals surface area contributed by atoms with Crippen LogP contribution in [-0.4, -0.2) is 25.2 Å². The lowest BCUT2D eigenvalue weighted by molar-refractivity contribution is -0.143. The van der Waals surface area contributed by atoms with Crippen molar-refractivity contribution in [3.63, 3.8) is 0 Å². The number of benzene rings is 1. The molecule has 1 heterocycles. The van der Waals surface area contributed by atoms with Crippen molar-refractivity contribution in [2.75, 3.05) is 7.11 Å². The second-order valence-corrected chi connectivity index (χ2v) is 8.00. The van der Waals surface area contributed by atoms with Crippen molar-refractivity contribution in [3.8, 4) is 5.75 Å². The third kappa shape index (κ3) is 4.09. The minimum absolute atomic E-state index is 0.0694. The Morgan fingerprint density at radius 1 is 1.12 bits per heavy atom. The van der Waals surface area contributed by atoms with Crippen molar-refractivity contribution in [2.24, 2.45) is 0 Å². The molecule has 32 heavy (non-hydrogen) atoms. The molecule has 0 aliphatic heterocycles. The van der Waals surface area contributed by atoms with Gasteiger partial charge in [-0.25, -0.2) is 9.59 Å². The SMILES string of the molecule is CC=C(C)C(=O)OCc1c2c(c(OC)c3occ(C)c13)C=C[C@@H](OC(=O)C(C)=CC)[C@@H]2C. The molecule has 3 rings (SSSR count). The summed E-state index contributed by atoms with van der Waals surface area (Å²) < 4.78 is 23.0. The highest BCUT2D eigenvalue weighted by Crippen LogP contribution is 2.46. The van der Waals surface area contributed by atoms with Crippen molar-refractivity contribution in [2.45, 2.75) is 60.2 Å². The van der Waals surface area contributed by atoms with Crippen molar-refractivity contribution >= 4 is 29.0 Å². The summed E-state index contributed by atoms with van der Waals surface area (Å²) in [6.45, 7) is 11.0. The fraction of sp³-hybridized carbons (Fsp3) is 0.385. The maximum atomic E-state index is 12.4. The van der Waals surface area contributed by atoms with Crippen LogP contribution in [-0.2, 0) is 25.7 Å². The van der Waals surface area contributed by atoms with Gasteiger partial charge in [-0.3, -0.25) is 0 Å². The van der Waals surface area contributed by atoms with Crippen LogP contribution in [0.1, 0.15) is 62.8 Å². The number of carbonyl (C=O) groups is 2. The molecule has 0 unspecified atom stereocenters. The predicted molar refractivity (Wildman–Crippen MR) is 123 cm³/mol. The molecule has 6 heteroatoms. The zero-order valence-corrected chi connectivity index (χ0v) is 19.7. The second kappa shape index (κ2) is 9.47. The molecule has 1 aliphatic carbocycles. The fourth-order valence-electron chi connectivity index (χ4n) is 3.93. The molecule has 170 valence electrons. The van der Waals surface area contributed by atoms with E-state index in [-0.39, 0.29) is 24.5 Å². The molecule has 0 bridgehead atoms. The number of esters is 2. The summed E-state index contributed by atoms with van der Waals surface area (Å²) in [5.41, 5.74) is 5.19. The van der Waals surface area contributed by atoms with E-state index < -0.39 is 6.10 Å². The van der Waals surface area contributed by atoms with Crippen molar-refractivity contribution < 1.29 is 28.2 Å². The Morgan fingerprint density at radius 2 is 1.78 bits per heavy atom. The zero-order valence-electron chi connectivity index (χ0n) is 19.7. The van der Waals surface area contributed by atoms with Crippen LogP contribution in [0.15, 0.2) is 40.1 Å². The Labute approximate surface area is 188 Å². The number of ether oxygens (including phenoxy) is 3. The minimum Gasteiger partial charge on any atom is -0.492 e. The van der Waals surface area contributed by atoms with E-state index in [1.54, 1.807) is 53.2 Å². The van der Waals surface area contributed by atoms with Crippen molar-refractivity contribution in [3.05, 3.63) is 57.9 Å². The molecule has 0 radical (unpaired) electrons. The summed E-state index contributed by atoms with van der Waals surface area (Å²) in [4.78, 5) is 24.8. The second-order valence-electron chi connectivity index (χ2n) is 8.00. The van der Waals surface area contributed by atoms with Crippen LogP contribution in [0.3, 0.4) is 0 Å². The number of allylic oxidation sites excluding steroid dienone is 2. The lowest BCUT2D eigenvalue weighted by atomic mass is 9.81. The van der Waals surface area contributed by atoms with E-state index in [9.17, 15) is 9.59 Å². The first-order valence-corrected chi connectivity index (χ1v) is 10.7. The highest BCUT2D eigenvalue weighted by molar-refractivity contribution is 5.96. The zero-order chi connectivity index (χ0) is 23.6. The van der Waals surface area contributed by atoms with E-state index in [2.05, 4.69) is 0 Å². The molecule has 1 aliphatic rings. The maximum Gasteiger partial charge on any atom is 0.333 e. The minimum atomic E-state index is -0.467. The predicted octanol–water partition coefficient (Wildman–Crippen LogP) is 5.77. The van der Waals surface area contributed by atoms with E-state index in [0.29, 0.717) is 22.5 Å². The summed E-state index contributed by atoms with van der Waals surface area (Å²) in [5.74, 6) is -0.313. The van der Waals surface area contributed by atoms with Crippen LogP contribution in [0, 0.1) is 6.92 Å². The maximum absolute atomic E-state index is 12.4. The quantitative estimate of drug-likeness (QED) is 0.421. The molecular formula is C26H30O6. The van der Waals surface area contributed by atoms with Gasteiger partial charge in [0.25, 0.3) is 0 Å². The molecule has 2 atom stereocenters. The van der Waals surface area contributed by atoms with Gasteiger partial charge in [0.05, 0.1) is 13.4 Å². The van der Waals surface area contributed by atoms with E-state index in [1.165, 1.54) is 0 Å². The first-order chi connectivity index (χ1) is 15.2. The smallest absolute Gasteiger partial charge is 0.333 e. The summed E-state index contributed by atoms with van der Waals surface area (Å²) in [5, 5.41) is 0.850. The van der Waals surface area contributed by atoms with Gasteiger partial charge in [0.1, 0.15) is 12.7 Å². The molecule has 2 aromatic rings. The largest absolute Gasteiger partial charge is 0.492 e. The van der Waals surface area contributed by atoms with Crippen LogP contribution in [0.25, 0.3) is 17.0 Å². The Balaban J connectivity index is 2.14. The number of aryl methyl sites for hydroxylation is 1. The highest BCUT2D eigenvalue weighted by Gasteiger charge is 2.33. The van der Waals surface area contributed by atoms with Gasteiger partial charge in [-0.15, -0.1) is 0 Å². The van der Waals surface area contributed by atoms with Gasteiger partial charge < -0.3 is 18.6 Å². The van der Waals surface area contributed by atoms with E-state index in [4.69, 9.17) is 18.6 Å². The van der Waals surface area contributed by atoms with Crippen molar-refractivity contribution in [1.82, 2.24) is 0 Å². The van der Waals surface area contributed by atoms with Crippen LogP contribution < -0.4 is 4.74 Å². The van der Waals surface area contributed by atoms with Crippen LogP contribution >= 0.6 is 0 Å². The average molecular weight is 439 g/mol. The molecule has 0 fully saturated rings. The third-order valence-corrected chi connectivity index (χ3v) is 6.05. The first kappa shape index (κ1) is 23.4. The molecule has 0 saturated heterocycles. The monoisotopic (exact) mass is 438 g/mol. The highest BCUT2D eigenvalue weighted by atomic mass is 16.5. The molecular weight excluding hydrogens is 408 g/mol. The van der Waals surface area contributed by atoms with Gasteiger partial charge in [0.2, 0.25) is 0 Å². The molecule has 1 aromatic carbocycles. The van der Waals surface area contributed by atoms with Gasteiger partial charge in [-0.05, 0) is 51.8 Å². The normalized spacial score (nSPS) is 18.5. The molecule has 6 nitrogen and oxygen atoms in total. The lowest BCUT2D eigenvalue weighted by Gasteiger charge is -2.30. The van der Waals surface area contributed by atoms with Gasteiger partial charge in [-0.2, -0.15) is 0 Å². The Bertz CT molecular complexity index is 1150. The third-order valence-electron chi connectivity index (χ3n) is 6.05. The van der Waals surface area contributed by atoms with Crippen LogP contribution in [0.5, 0.6) is 5.75 Å². The summed E-state index contributed by atoms with van der Waals surface area (Å²) in [7, 11) is 1.60. The first-order valence-electron chi connectivity index (χ1n) is 10.7. The Morgan fingerprint density at radius 3 is 2.41 bits per heavy atom. The molecule has 0 amide bonds. The van der Waals surface area contributed by atoms with Crippen LogP contribution in [0.2, 0.25) is 0 Å². The van der Waals surface area contributed by atoms with Crippen LogP contribution in [0.4, 0.5) is 0 Å². The number of carbonyl (C=O) groups excluding carboxylic acids is 2. The van der Waals surface area contributed by atoms with E-state index in [1.807, 2.05) is 26.0 Å². The van der Waals surface area contributed by atoms with E-state index >= 15 is 0 Å². The number of furan rings is 1. The van der Waals surface area contributed by atoms with Crippen molar-refractivity contribution in [1.29, 1.82) is 0 Å². The molecule has 0 saturated carbocycles. The number of fused-ring (bicyclic) bond motifs is 2. The summed E-state index contributed by atoms with van der Waals surface area (Å²) >= 11 is 0. The fourth-order valence-corrected chi connectivity index (χ4v) is 3.93. The molecule has 0 N–H and O–H groups in total. The van der Waals surface area contributed by atoms with Gasteiger partial charge in [-0.1, -0.05) is 25.2 Å². The van der Waals surface area contributed by atoms with Gasteiger partial charge in [0.15, 0.2) is 11.3 Å². The summed E-state index contributed by atoms with van der Waals surface area (Å²) in [6, 6.07) is 0. The number of hydrogen-bond donors (Lipinski definition) is 0. The molecule has 1 aromatic heterocycles. The Kier molecular flexibility index (Phi) is 6.92. The van der Waals surface area contributed by atoms with Gasteiger partial charge >= 0.3 is 11.9 Å². The Hall–Kier alpha value is -3.28. The average Bonchev–Trinajstić information content (AvgIpc) is 3.18. The number of hydrogen-bond acceptors (Lipinski definition) is 6. The number of rotatable bonds is 6.